The molecule has 0 radical (unpaired) electrons. The molecular weight excluding hydrogens is 186 g/mol. The normalized spacial score (nSPS) is 20.1. The van der Waals surface area contributed by atoms with Crippen molar-refractivity contribution in [1.82, 2.24) is 0 Å². The fraction of sp³-hybridized carbons (Fsp3) is 0.923. The SMILES string of the molecule is CCCC(O)(CCC)C1(C#N)CCCC1. The number of nitriles is 1. The van der Waals surface area contributed by atoms with E-state index in [1.165, 1.54) is 0 Å². The van der Waals surface area contributed by atoms with Crippen LogP contribution in [-0.4, -0.2) is 10.7 Å². The van der Waals surface area contributed by atoms with E-state index in [2.05, 4.69) is 19.9 Å². The molecule has 0 saturated heterocycles. The van der Waals surface area contributed by atoms with Crippen LogP contribution in [0.1, 0.15) is 65.2 Å². The highest BCUT2D eigenvalue weighted by Crippen LogP contribution is 2.49. The molecule has 0 unspecified atom stereocenters. The van der Waals surface area contributed by atoms with Gasteiger partial charge in [0.25, 0.3) is 0 Å². The molecule has 0 atom stereocenters. The van der Waals surface area contributed by atoms with Crippen LogP contribution in [0.3, 0.4) is 0 Å². The molecule has 1 saturated carbocycles. The Balaban J connectivity index is 2.90. The van der Waals surface area contributed by atoms with Gasteiger partial charge in [0.2, 0.25) is 0 Å². The Morgan fingerprint density at radius 1 is 1.20 bits per heavy atom. The third-order valence-corrected chi connectivity index (χ3v) is 3.89. The van der Waals surface area contributed by atoms with E-state index in [9.17, 15) is 10.4 Å². The quantitative estimate of drug-likeness (QED) is 0.754. The highest BCUT2D eigenvalue weighted by atomic mass is 16.3. The number of hydrogen-bond donors (Lipinski definition) is 1. The molecule has 0 amide bonds. The fourth-order valence-corrected chi connectivity index (χ4v) is 3.09. The maximum Gasteiger partial charge on any atom is 0.0860 e. The van der Waals surface area contributed by atoms with Crippen molar-refractivity contribution in [3.63, 3.8) is 0 Å². The molecule has 1 aliphatic carbocycles. The maximum absolute atomic E-state index is 10.7. The van der Waals surface area contributed by atoms with Gasteiger partial charge < -0.3 is 5.11 Å². The summed E-state index contributed by atoms with van der Waals surface area (Å²) in [5.74, 6) is 0. The van der Waals surface area contributed by atoms with E-state index in [1.54, 1.807) is 0 Å². The minimum atomic E-state index is -0.734. The van der Waals surface area contributed by atoms with Crippen LogP contribution < -0.4 is 0 Å². The van der Waals surface area contributed by atoms with Crippen LogP contribution in [-0.2, 0) is 0 Å². The zero-order chi connectivity index (χ0) is 11.4. The van der Waals surface area contributed by atoms with Crippen molar-refractivity contribution in [3.8, 4) is 6.07 Å². The molecule has 86 valence electrons. The van der Waals surface area contributed by atoms with Crippen LogP contribution in [0.5, 0.6) is 0 Å². The molecule has 2 nitrogen and oxygen atoms in total. The minimum absolute atomic E-state index is 0.445. The summed E-state index contributed by atoms with van der Waals surface area (Å²) in [6.45, 7) is 4.17. The van der Waals surface area contributed by atoms with E-state index in [-0.39, 0.29) is 0 Å². The Morgan fingerprint density at radius 3 is 2.00 bits per heavy atom. The van der Waals surface area contributed by atoms with Crippen molar-refractivity contribution >= 4 is 0 Å². The van der Waals surface area contributed by atoms with Crippen LogP contribution in [0.2, 0.25) is 0 Å². The lowest BCUT2D eigenvalue weighted by Crippen LogP contribution is -2.45. The first-order chi connectivity index (χ1) is 7.14. The second-order valence-electron chi connectivity index (χ2n) is 4.93. The molecule has 1 aliphatic rings. The molecule has 15 heavy (non-hydrogen) atoms. The Hall–Kier alpha value is -0.550. The highest BCUT2D eigenvalue weighted by Gasteiger charge is 2.50. The average Bonchev–Trinajstić information content (AvgIpc) is 2.68. The van der Waals surface area contributed by atoms with Gasteiger partial charge in [0, 0.05) is 0 Å². The van der Waals surface area contributed by atoms with Crippen LogP contribution in [0.15, 0.2) is 0 Å². The lowest BCUT2D eigenvalue weighted by Gasteiger charge is -2.40. The molecule has 1 fully saturated rings. The molecule has 0 heterocycles. The predicted molar refractivity (Wildman–Crippen MR) is 61.3 cm³/mol. The summed E-state index contributed by atoms with van der Waals surface area (Å²) < 4.78 is 0. The molecule has 0 aromatic heterocycles. The van der Waals surface area contributed by atoms with Gasteiger partial charge in [-0.1, -0.05) is 39.5 Å². The minimum Gasteiger partial charge on any atom is -0.388 e. The maximum atomic E-state index is 10.7. The summed E-state index contributed by atoms with van der Waals surface area (Å²) in [5.41, 5.74) is -1.18. The van der Waals surface area contributed by atoms with Crippen molar-refractivity contribution in [2.45, 2.75) is 70.8 Å². The van der Waals surface area contributed by atoms with E-state index >= 15 is 0 Å². The summed E-state index contributed by atoms with van der Waals surface area (Å²) in [6, 6.07) is 2.44. The summed E-state index contributed by atoms with van der Waals surface area (Å²) in [7, 11) is 0. The average molecular weight is 209 g/mol. The van der Waals surface area contributed by atoms with Gasteiger partial charge in [-0.3, -0.25) is 0 Å². The first kappa shape index (κ1) is 12.5. The van der Waals surface area contributed by atoms with E-state index in [4.69, 9.17) is 0 Å². The van der Waals surface area contributed by atoms with Crippen molar-refractivity contribution in [3.05, 3.63) is 0 Å². The molecule has 0 spiro atoms. The van der Waals surface area contributed by atoms with Crippen molar-refractivity contribution in [1.29, 1.82) is 5.26 Å². The summed E-state index contributed by atoms with van der Waals surface area (Å²) in [4.78, 5) is 0. The summed E-state index contributed by atoms with van der Waals surface area (Å²) >= 11 is 0. The van der Waals surface area contributed by atoms with Crippen LogP contribution in [0, 0.1) is 16.7 Å². The third kappa shape index (κ3) is 2.18. The highest BCUT2D eigenvalue weighted by molar-refractivity contribution is 5.13. The molecule has 0 aliphatic heterocycles. The standard InChI is InChI=1S/C13H23NO/c1-3-7-13(15,8-4-2)12(11-14)9-5-6-10-12/h15H,3-10H2,1-2H3. The summed E-state index contributed by atoms with van der Waals surface area (Å²) in [6.07, 6.45) is 7.44. The number of rotatable bonds is 5. The van der Waals surface area contributed by atoms with Crippen molar-refractivity contribution < 1.29 is 5.11 Å². The molecule has 1 rings (SSSR count). The molecule has 0 aromatic carbocycles. The lowest BCUT2D eigenvalue weighted by atomic mass is 9.67. The molecule has 0 bridgehead atoms. The number of hydrogen-bond acceptors (Lipinski definition) is 2. The van der Waals surface area contributed by atoms with E-state index in [0.717, 1.165) is 51.4 Å². The largest absolute Gasteiger partial charge is 0.388 e. The molecule has 2 heteroatoms. The topological polar surface area (TPSA) is 44.0 Å². The Bertz CT molecular complexity index is 229. The van der Waals surface area contributed by atoms with Gasteiger partial charge in [0.05, 0.1) is 17.1 Å². The van der Waals surface area contributed by atoms with Gasteiger partial charge in [-0.2, -0.15) is 5.26 Å². The van der Waals surface area contributed by atoms with Gasteiger partial charge >= 0.3 is 0 Å². The zero-order valence-electron chi connectivity index (χ0n) is 10.1. The molecular formula is C13H23NO. The zero-order valence-corrected chi connectivity index (χ0v) is 10.1. The molecule has 1 N–H and O–H groups in total. The monoisotopic (exact) mass is 209 g/mol. The smallest absolute Gasteiger partial charge is 0.0860 e. The number of nitrogens with zero attached hydrogens (tertiary/aromatic N) is 1. The Morgan fingerprint density at radius 2 is 1.67 bits per heavy atom. The van der Waals surface area contributed by atoms with Crippen LogP contribution in [0.25, 0.3) is 0 Å². The van der Waals surface area contributed by atoms with Crippen LogP contribution in [0.4, 0.5) is 0 Å². The van der Waals surface area contributed by atoms with Gasteiger partial charge in [-0.15, -0.1) is 0 Å². The van der Waals surface area contributed by atoms with Gasteiger partial charge in [0.1, 0.15) is 0 Å². The number of aliphatic hydroxyl groups is 1. The van der Waals surface area contributed by atoms with E-state index in [0.29, 0.717) is 0 Å². The second kappa shape index (κ2) is 4.99. The van der Waals surface area contributed by atoms with Gasteiger partial charge in [-0.05, 0) is 25.7 Å². The summed E-state index contributed by atoms with van der Waals surface area (Å²) in [5, 5.41) is 20.1. The third-order valence-electron chi connectivity index (χ3n) is 3.89. The van der Waals surface area contributed by atoms with E-state index in [1.807, 2.05) is 0 Å². The second-order valence-corrected chi connectivity index (χ2v) is 4.93. The molecule has 0 aromatic rings. The Labute approximate surface area is 93.3 Å². The van der Waals surface area contributed by atoms with Crippen molar-refractivity contribution in [2.24, 2.45) is 5.41 Å². The van der Waals surface area contributed by atoms with E-state index < -0.39 is 11.0 Å². The fourth-order valence-electron chi connectivity index (χ4n) is 3.09. The lowest BCUT2D eigenvalue weighted by molar-refractivity contribution is -0.0675. The predicted octanol–water partition coefficient (Wildman–Crippen LogP) is 3.40. The first-order valence-electron chi connectivity index (χ1n) is 6.28. The van der Waals surface area contributed by atoms with Crippen molar-refractivity contribution in [2.75, 3.05) is 0 Å². The van der Waals surface area contributed by atoms with Gasteiger partial charge in [-0.25, -0.2) is 0 Å². The Kier molecular flexibility index (Phi) is 4.16. The van der Waals surface area contributed by atoms with Gasteiger partial charge in [0.15, 0.2) is 0 Å². The first-order valence-corrected chi connectivity index (χ1v) is 6.28. The van der Waals surface area contributed by atoms with Crippen LogP contribution >= 0.6 is 0 Å².